The number of nitrogens with zero attached hydrogens (tertiary/aromatic N) is 1. The zero-order valence-corrected chi connectivity index (χ0v) is 10.2. The third kappa shape index (κ3) is 5.06. The van der Waals surface area contributed by atoms with Crippen LogP contribution in [-0.2, 0) is 0 Å². The molecule has 0 amide bonds. The van der Waals surface area contributed by atoms with Crippen LogP contribution in [0, 0.1) is 11.8 Å². The SMILES string of the molecule is CC1CCN(CCN)CC1C.Cl.Cl. The van der Waals surface area contributed by atoms with E-state index in [0.29, 0.717) is 0 Å². The van der Waals surface area contributed by atoms with E-state index in [2.05, 4.69) is 18.7 Å². The molecule has 1 heterocycles. The molecule has 82 valence electrons. The standard InChI is InChI=1S/C9H20N2.2ClH/c1-8-3-5-11(6-4-10)7-9(8)2;;/h8-9H,3-7,10H2,1-2H3;2*1H. The first-order valence-electron chi connectivity index (χ1n) is 4.66. The Hall–Kier alpha value is 0.500. The molecule has 2 atom stereocenters. The van der Waals surface area contributed by atoms with Crippen molar-refractivity contribution in [3.63, 3.8) is 0 Å². The maximum absolute atomic E-state index is 5.50. The topological polar surface area (TPSA) is 29.3 Å². The number of piperidine rings is 1. The van der Waals surface area contributed by atoms with Gasteiger partial charge in [-0.3, -0.25) is 0 Å². The highest BCUT2D eigenvalue weighted by Crippen LogP contribution is 2.21. The highest BCUT2D eigenvalue weighted by molar-refractivity contribution is 5.85. The van der Waals surface area contributed by atoms with Crippen LogP contribution in [0.15, 0.2) is 0 Å². The first-order chi connectivity index (χ1) is 5.24. The molecule has 2 unspecified atom stereocenters. The Morgan fingerprint density at radius 2 is 1.85 bits per heavy atom. The Bertz CT molecular complexity index is 122. The second-order valence-corrected chi connectivity index (χ2v) is 3.83. The minimum absolute atomic E-state index is 0. The van der Waals surface area contributed by atoms with E-state index in [1.165, 1.54) is 19.5 Å². The van der Waals surface area contributed by atoms with Crippen LogP contribution < -0.4 is 5.73 Å². The summed E-state index contributed by atoms with van der Waals surface area (Å²) in [5, 5.41) is 0. The molecule has 0 aromatic heterocycles. The molecular formula is C9H22Cl2N2. The average molecular weight is 229 g/mol. The van der Waals surface area contributed by atoms with Gasteiger partial charge in [-0.25, -0.2) is 0 Å². The van der Waals surface area contributed by atoms with Crippen molar-refractivity contribution in [1.29, 1.82) is 0 Å². The first kappa shape index (κ1) is 15.9. The summed E-state index contributed by atoms with van der Waals surface area (Å²) in [5.41, 5.74) is 5.50. The van der Waals surface area contributed by atoms with E-state index < -0.39 is 0 Å². The van der Waals surface area contributed by atoms with Gasteiger partial charge in [0.25, 0.3) is 0 Å². The third-order valence-electron chi connectivity index (χ3n) is 2.86. The number of nitrogens with two attached hydrogens (primary N) is 1. The Labute approximate surface area is 94.1 Å². The molecule has 1 fully saturated rings. The summed E-state index contributed by atoms with van der Waals surface area (Å²) in [6.45, 7) is 9.08. The summed E-state index contributed by atoms with van der Waals surface area (Å²) in [5.74, 6) is 1.76. The zero-order chi connectivity index (χ0) is 8.27. The summed E-state index contributed by atoms with van der Waals surface area (Å²) >= 11 is 0. The van der Waals surface area contributed by atoms with Gasteiger partial charge in [0.05, 0.1) is 0 Å². The van der Waals surface area contributed by atoms with E-state index in [-0.39, 0.29) is 24.8 Å². The van der Waals surface area contributed by atoms with Gasteiger partial charge in [0.15, 0.2) is 0 Å². The largest absolute Gasteiger partial charge is 0.329 e. The molecule has 0 aliphatic carbocycles. The third-order valence-corrected chi connectivity index (χ3v) is 2.86. The van der Waals surface area contributed by atoms with Crippen LogP contribution in [0.4, 0.5) is 0 Å². The Morgan fingerprint density at radius 1 is 1.23 bits per heavy atom. The monoisotopic (exact) mass is 228 g/mol. The van der Waals surface area contributed by atoms with Crippen molar-refractivity contribution in [1.82, 2.24) is 4.90 Å². The lowest BCUT2D eigenvalue weighted by Gasteiger charge is -2.34. The lowest BCUT2D eigenvalue weighted by atomic mass is 9.89. The van der Waals surface area contributed by atoms with Gasteiger partial charge in [-0.15, -0.1) is 24.8 Å². The number of halogens is 2. The molecule has 13 heavy (non-hydrogen) atoms. The molecule has 0 saturated carbocycles. The van der Waals surface area contributed by atoms with Gasteiger partial charge in [-0.05, 0) is 24.8 Å². The Kier molecular flexibility index (Phi) is 9.65. The average Bonchev–Trinajstić information content (AvgIpc) is 1.98. The van der Waals surface area contributed by atoms with E-state index in [0.717, 1.165) is 24.9 Å². The maximum Gasteiger partial charge on any atom is 0.0105 e. The lowest BCUT2D eigenvalue weighted by Crippen LogP contribution is -2.40. The second kappa shape index (κ2) is 7.86. The number of likely N-dealkylation sites (tertiary alicyclic amines) is 1. The summed E-state index contributed by atoms with van der Waals surface area (Å²) in [7, 11) is 0. The van der Waals surface area contributed by atoms with E-state index >= 15 is 0 Å². The second-order valence-electron chi connectivity index (χ2n) is 3.83. The molecule has 4 heteroatoms. The van der Waals surface area contributed by atoms with E-state index in [4.69, 9.17) is 5.73 Å². The highest BCUT2D eigenvalue weighted by atomic mass is 35.5. The van der Waals surface area contributed by atoms with Crippen LogP contribution in [-0.4, -0.2) is 31.1 Å². The van der Waals surface area contributed by atoms with Gasteiger partial charge in [0, 0.05) is 19.6 Å². The smallest absolute Gasteiger partial charge is 0.0105 e. The lowest BCUT2D eigenvalue weighted by molar-refractivity contribution is 0.142. The molecule has 0 aromatic rings. The number of hydrogen-bond acceptors (Lipinski definition) is 2. The van der Waals surface area contributed by atoms with Crippen molar-refractivity contribution in [2.24, 2.45) is 17.6 Å². The summed E-state index contributed by atoms with van der Waals surface area (Å²) < 4.78 is 0. The van der Waals surface area contributed by atoms with Gasteiger partial charge in [0.2, 0.25) is 0 Å². The molecule has 0 bridgehead atoms. The van der Waals surface area contributed by atoms with Crippen molar-refractivity contribution >= 4 is 24.8 Å². The molecule has 0 aromatic carbocycles. The predicted octanol–water partition coefficient (Wildman–Crippen LogP) is 1.77. The number of rotatable bonds is 2. The Morgan fingerprint density at radius 3 is 2.31 bits per heavy atom. The van der Waals surface area contributed by atoms with Crippen LogP contribution in [0.2, 0.25) is 0 Å². The minimum Gasteiger partial charge on any atom is -0.329 e. The van der Waals surface area contributed by atoms with Crippen LogP contribution in [0.3, 0.4) is 0 Å². The van der Waals surface area contributed by atoms with Crippen molar-refractivity contribution in [3.05, 3.63) is 0 Å². The van der Waals surface area contributed by atoms with Gasteiger partial charge in [-0.2, -0.15) is 0 Å². The molecule has 1 aliphatic heterocycles. The van der Waals surface area contributed by atoms with Crippen LogP contribution >= 0.6 is 24.8 Å². The van der Waals surface area contributed by atoms with E-state index in [1.54, 1.807) is 0 Å². The molecule has 2 nitrogen and oxygen atoms in total. The summed E-state index contributed by atoms with van der Waals surface area (Å²) in [6.07, 6.45) is 1.35. The van der Waals surface area contributed by atoms with Gasteiger partial charge in [0.1, 0.15) is 0 Å². The van der Waals surface area contributed by atoms with Crippen LogP contribution in [0.5, 0.6) is 0 Å². The van der Waals surface area contributed by atoms with E-state index in [1.807, 2.05) is 0 Å². The fourth-order valence-electron chi connectivity index (χ4n) is 1.73. The molecule has 0 radical (unpaired) electrons. The van der Waals surface area contributed by atoms with Gasteiger partial charge in [-0.1, -0.05) is 13.8 Å². The predicted molar refractivity (Wildman–Crippen MR) is 62.9 cm³/mol. The fraction of sp³-hybridized carbons (Fsp3) is 1.00. The zero-order valence-electron chi connectivity index (χ0n) is 8.53. The summed E-state index contributed by atoms with van der Waals surface area (Å²) in [4.78, 5) is 2.48. The van der Waals surface area contributed by atoms with Crippen LogP contribution in [0.25, 0.3) is 0 Å². The molecule has 2 N–H and O–H groups in total. The van der Waals surface area contributed by atoms with Crippen molar-refractivity contribution in [3.8, 4) is 0 Å². The van der Waals surface area contributed by atoms with Gasteiger partial charge < -0.3 is 10.6 Å². The maximum atomic E-state index is 5.50. The quantitative estimate of drug-likeness (QED) is 0.781. The van der Waals surface area contributed by atoms with Crippen molar-refractivity contribution < 1.29 is 0 Å². The number of hydrogen-bond donors (Lipinski definition) is 1. The van der Waals surface area contributed by atoms with Crippen LogP contribution in [0.1, 0.15) is 20.3 Å². The first-order valence-corrected chi connectivity index (χ1v) is 4.66. The minimum atomic E-state index is 0. The fourth-order valence-corrected chi connectivity index (χ4v) is 1.73. The van der Waals surface area contributed by atoms with Gasteiger partial charge >= 0.3 is 0 Å². The normalized spacial score (nSPS) is 28.8. The van der Waals surface area contributed by atoms with E-state index in [9.17, 15) is 0 Å². The molecule has 1 rings (SSSR count). The molecule has 1 aliphatic rings. The Balaban J connectivity index is 0. The molecule has 1 saturated heterocycles. The van der Waals surface area contributed by atoms with Crippen molar-refractivity contribution in [2.45, 2.75) is 20.3 Å². The highest BCUT2D eigenvalue weighted by Gasteiger charge is 2.21. The molecular weight excluding hydrogens is 207 g/mol. The molecule has 0 spiro atoms. The van der Waals surface area contributed by atoms with Crippen molar-refractivity contribution in [2.75, 3.05) is 26.2 Å². The summed E-state index contributed by atoms with van der Waals surface area (Å²) in [6, 6.07) is 0.